The van der Waals surface area contributed by atoms with Crippen LogP contribution < -0.4 is 4.90 Å². The molecule has 0 N–H and O–H groups in total. The van der Waals surface area contributed by atoms with Crippen molar-refractivity contribution in [3.63, 3.8) is 0 Å². The van der Waals surface area contributed by atoms with Gasteiger partial charge in [0.2, 0.25) is 11.0 Å². The lowest BCUT2D eigenvalue weighted by Gasteiger charge is -2.34. The van der Waals surface area contributed by atoms with E-state index in [0.717, 1.165) is 18.2 Å². The molecular formula is C16H18F2N4O2S. The molecule has 1 fully saturated rings. The molecule has 0 spiro atoms. The van der Waals surface area contributed by atoms with Gasteiger partial charge in [0.1, 0.15) is 17.5 Å². The minimum atomic E-state index is -0.514. The van der Waals surface area contributed by atoms with Crippen molar-refractivity contribution in [1.29, 1.82) is 0 Å². The highest BCUT2D eigenvalue weighted by Crippen LogP contribution is 2.21. The number of halogens is 2. The molecule has 6 nitrogen and oxygen atoms in total. The second kappa shape index (κ2) is 7.83. The van der Waals surface area contributed by atoms with Gasteiger partial charge in [0.05, 0.1) is 13.2 Å². The van der Waals surface area contributed by atoms with Crippen LogP contribution in [0, 0.1) is 11.6 Å². The summed E-state index contributed by atoms with van der Waals surface area (Å²) in [6.07, 6.45) is 0.625. The number of carbonyl (C=O) groups excluding carboxylic acids is 1. The Morgan fingerprint density at radius 3 is 2.92 bits per heavy atom. The molecule has 1 saturated heterocycles. The van der Waals surface area contributed by atoms with Crippen LogP contribution in [0.1, 0.15) is 11.4 Å². The summed E-state index contributed by atoms with van der Waals surface area (Å²) in [5, 5.41) is 0.691. The molecule has 25 heavy (non-hydrogen) atoms. The number of carbonyl (C=O) groups is 1. The summed E-state index contributed by atoms with van der Waals surface area (Å²) in [4.78, 5) is 20.2. The number of amides is 1. The minimum Gasteiger partial charge on any atom is -0.384 e. The molecule has 0 saturated carbocycles. The number of hydrogen-bond acceptors (Lipinski definition) is 6. The molecule has 1 aromatic heterocycles. The van der Waals surface area contributed by atoms with Gasteiger partial charge in [-0.3, -0.25) is 4.79 Å². The fourth-order valence-corrected chi connectivity index (χ4v) is 3.31. The monoisotopic (exact) mass is 368 g/mol. The van der Waals surface area contributed by atoms with Crippen LogP contribution in [-0.4, -0.2) is 53.5 Å². The summed E-state index contributed by atoms with van der Waals surface area (Å²) in [6, 6.07) is 3.27. The van der Waals surface area contributed by atoms with E-state index in [4.69, 9.17) is 4.74 Å². The van der Waals surface area contributed by atoms with Crippen molar-refractivity contribution in [1.82, 2.24) is 14.3 Å². The van der Waals surface area contributed by atoms with Gasteiger partial charge in [-0.05, 0) is 18.2 Å². The molecule has 1 aliphatic rings. The summed E-state index contributed by atoms with van der Waals surface area (Å²) >= 11 is 1.25. The first-order valence-corrected chi connectivity index (χ1v) is 8.62. The van der Waals surface area contributed by atoms with E-state index in [9.17, 15) is 13.6 Å². The van der Waals surface area contributed by atoms with E-state index in [0.29, 0.717) is 37.1 Å². The van der Waals surface area contributed by atoms with Crippen LogP contribution >= 0.6 is 11.5 Å². The Kier molecular flexibility index (Phi) is 5.54. The molecule has 134 valence electrons. The average molecular weight is 368 g/mol. The summed E-state index contributed by atoms with van der Waals surface area (Å²) in [7, 11) is 1.62. The smallest absolute Gasteiger partial charge is 0.242 e. The summed E-state index contributed by atoms with van der Waals surface area (Å²) in [5.74, 6) is -0.481. The van der Waals surface area contributed by atoms with Crippen LogP contribution in [0.5, 0.6) is 0 Å². The fraction of sp³-hybridized carbons (Fsp3) is 0.438. The third-order valence-corrected chi connectivity index (χ3v) is 4.76. The predicted molar refractivity (Wildman–Crippen MR) is 89.5 cm³/mol. The normalized spacial score (nSPS) is 15.1. The van der Waals surface area contributed by atoms with E-state index in [-0.39, 0.29) is 24.6 Å². The Balaban J connectivity index is 1.61. The van der Waals surface area contributed by atoms with E-state index in [1.165, 1.54) is 16.4 Å². The quantitative estimate of drug-likeness (QED) is 0.779. The lowest BCUT2D eigenvalue weighted by atomic mass is 10.1. The number of hydrogen-bond donors (Lipinski definition) is 0. The van der Waals surface area contributed by atoms with Crippen LogP contribution in [0.2, 0.25) is 0 Å². The van der Waals surface area contributed by atoms with Gasteiger partial charge in [-0.15, -0.1) is 0 Å². The van der Waals surface area contributed by atoms with Crippen LogP contribution in [-0.2, 0) is 22.5 Å². The number of nitrogens with zero attached hydrogens (tertiary/aromatic N) is 4. The van der Waals surface area contributed by atoms with Crippen molar-refractivity contribution in [2.75, 3.05) is 38.3 Å². The van der Waals surface area contributed by atoms with Crippen LogP contribution in [0.3, 0.4) is 0 Å². The number of piperazine rings is 1. The highest BCUT2D eigenvalue weighted by Gasteiger charge is 2.26. The lowest BCUT2D eigenvalue weighted by Crippen LogP contribution is -2.50. The largest absolute Gasteiger partial charge is 0.384 e. The van der Waals surface area contributed by atoms with Crippen molar-refractivity contribution >= 4 is 22.6 Å². The van der Waals surface area contributed by atoms with Crippen LogP contribution in [0.4, 0.5) is 13.9 Å². The standard InChI is InChI=1S/C16H18F2N4O2S/c1-24-7-4-14-19-16(25-20-14)22-6-5-21(15(23)10-22)9-11-8-12(17)2-3-13(11)18/h2-3,8H,4-7,9-10H2,1H3. The van der Waals surface area contributed by atoms with E-state index >= 15 is 0 Å². The molecule has 0 aliphatic carbocycles. The van der Waals surface area contributed by atoms with Crippen molar-refractivity contribution in [3.05, 3.63) is 41.2 Å². The number of aromatic nitrogens is 2. The summed E-state index contributed by atoms with van der Waals surface area (Å²) < 4.78 is 36.3. The molecule has 1 aromatic carbocycles. The Labute approximate surface area is 148 Å². The lowest BCUT2D eigenvalue weighted by molar-refractivity contribution is -0.131. The maximum Gasteiger partial charge on any atom is 0.242 e. The molecule has 0 unspecified atom stereocenters. The summed E-state index contributed by atoms with van der Waals surface area (Å²) in [5.41, 5.74) is 0.180. The number of ether oxygens (including phenoxy) is 1. The predicted octanol–water partition coefficient (Wildman–Crippen LogP) is 1.85. The molecule has 2 aromatic rings. The summed E-state index contributed by atoms with van der Waals surface area (Å²) in [6.45, 7) is 1.74. The molecular weight excluding hydrogens is 350 g/mol. The minimum absolute atomic E-state index is 0.0610. The van der Waals surface area contributed by atoms with Gasteiger partial charge in [-0.25, -0.2) is 13.8 Å². The fourth-order valence-electron chi connectivity index (χ4n) is 2.58. The highest BCUT2D eigenvalue weighted by molar-refractivity contribution is 7.09. The Morgan fingerprint density at radius 2 is 2.16 bits per heavy atom. The van der Waals surface area contributed by atoms with Crippen LogP contribution in [0.15, 0.2) is 18.2 Å². The Morgan fingerprint density at radius 1 is 1.32 bits per heavy atom. The topological polar surface area (TPSA) is 58.6 Å². The molecule has 0 radical (unpaired) electrons. The van der Waals surface area contributed by atoms with Gasteiger partial charge in [-0.1, -0.05) is 0 Å². The van der Waals surface area contributed by atoms with Gasteiger partial charge >= 0.3 is 0 Å². The zero-order valence-corrected chi connectivity index (χ0v) is 14.6. The first-order valence-electron chi connectivity index (χ1n) is 7.85. The van der Waals surface area contributed by atoms with Crippen molar-refractivity contribution in [2.24, 2.45) is 0 Å². The van der Waals surface area contributed by atoms with Gasteiger partial charge in [0.15, 0.2) is 0 Å². The van der Waals surface area contributed by atoms with E-state index in [1.54, 1.807) is 7.11 Å². The van der Waals surface area contributed by atoms with Crippen molar-refractivity contribution in [3.8, 4) is 0 Å². The zero-order chi connectivity index (χ0) is 17.8. The first kappa shape index (κ1) is 17.7. The molecule has 1 aliphatic heterocycles. The number of methoxy groups -OCH3 is 1. The van der Waals surface area contributed by atoms with Gasteiger partial charge in [0.25, 0.3) is 0 Å². The second-order valence-electron chi connectivity index (χ2n) is 5.71. The first-order chi connectivity index (χ1) is 12.1. The van der Waals surface area contributed by atoms with Gasteiger partial charge in [0, 0.05) is 50.3 Å². The molecule has 9 heteroatoms. The van der Waals surface area contributed by atoms with Crippen LogP contribution in [0.25, 0.3) is 0 Å². The Hall–Kier alpha value is -2.13. The molecule has 1 amide bonds. The molecule has 0 atom stereocenters. The third kappa shape index (κ3) is 4.29. The van der Waals surface area contributed by atoms with Crippen molar-refractivity contribution < 1.29 is 18.3 Å². The number of benzene rings is 1. The maximum absolute atomic E-state index is 13.8. The zero-order valence-electron chi connectivity index (χ0n) is 13.7. The van der Waals surface area contributed by atoms with E-state index in [2.05, 4.69) is 9.36 Å². The van der Waals surface area contributed by atoms with Gasteiger partial charge in [-0.2, -0.15) is 4.37 Å². The Bertz CT molecular complexity index is 755. The van der Waals surface area contributed by atoms with E-state index < -0.39 is 11.6 Å². The average Bonchev–Trinajstić information content (AvgIpc) is 3.07. The van der Waals surface area contributed by atoms with Crippen molar-refractivity contribution in [2.45, 2.75) is 13.0 Å². The molecule has 2 heterocycles. The highest BCUT2D eigenvalue weighted by atomic mass is 32.1. The SMILES string of the molecule is COCCc1nsc(N2CCN(Cc3cc(F)ccc3F)C(=O)C2)n1. The molecule has 0 bridgehead atoms. The second-order valence-corrected chi connectivity index (χ2v) is 6.44. The number of rotatable bonds is 6. The molecule has 3 rings (SSSR count). The van der Waals surface area contributed by atoms with Gasteiger partial charge < -0.3 is 14.5 Å². The van der Waals surface area contributed by atoms with E-state index in [1.807, 2.05) is 4.90 Å². The number of anilines is 1. The maximum atomic E-state index is 13.8. The third-order valence-electron chi connectivity index (χ3n) is 3.95.